The molecular formula is C12H13ClN4OS. The maximum Gasteiger partial charge on any atom is 0.261 e. The number of aromatic nitrogens is 2. The number of amides is 1. The molecule has 0 bridgehead atoms. The molecule has 2 aromatic heterocycles. The average Bonchev–Trinajstić information content (AvgIpc) is 2.83. The minimum atomic E-state index is -0.153. The van der Waals surface area contributed by atoms with Gasteiger partial charge in [0.2, 0.25) is 0 Å². The molecule has 7 heteroatoms. The summed E-state index contributed by atoms with van der Waals surface area (Å²) < 4.78 is 0.597. The Morgan fingerprint density at radius 3 is 2.89 bits per heavy atom. The Kier molecular flexibility index (Phi) is 4.34. The molecule has 0 aliphatic heterocycles. The van der Waals surface area contributed by atoms with E-state index in [2.05, 4.69) is 20.6 Å². The molecule has 0 aliphatic carbocycles. The van der Waals surface area contributed by atoms with Crippen molar-refractivity contribution in [3.8, 4) is 0 Å². The largest absolute Gasteiger partial charge is 0.373 e. The van der Waals surface area contributed by atoms with Crippen LogP contribution >= 0.6 is 22.9 Å². The summed E-state index contributed by atoms with van der Waals surface area (Å²) in [6, 6.07) is 3.40. The van der Waals surface area contributed by atoms with Gasteiger partial charge >= 0.3 is 0 Å². The predicted octanol–water partition coefficient (Wildman–Crippen LogP) is 2.47. The molecule has 100 valence electrons. The predicted molar refractivity (Wildman–Crippen MR) is 76.8 cm³/mol. The van der Waals surface area contributed by atoms with E-state index in [1.165, 1.54) is 11.3 Å². The molecule has 0 atom stereocenters. The second-order valence-electron chi connectivity index (χ2n) is 3.83. The molecule has 0 spiro atoms. The molecule has 2 heterocycles. The summed E-state index contributed by atoms with van der Waals surface area (Å²) >= 11 is 7.05. The molecule has 0 aromatic carbocycles. The number of nitrogens with zero attached hydrogens (tertiary/aromatic N) is 2. The lowest BCUT2D eigenvalue weighted by Gasteiger charge is -2.09. The Hall–Kier alpha value is -1.66. The van der Waals surface area contributed by atoms with Crippen LogP contribution in [-0.4, -0.2) is 22.9 Å². The SMILES string of the molecule is CNc1nc(C)ncc1CNC(=O)c1ccc(Cl)s1. The third-order valence-corrected chi connectivity index (χ3v) is 3.69. The maximum absolute atomic E-state index is 11.9. The topological polar surface area (TPSA) is 66.9 Å². The monoisotopic (exact) mass is 296 g/mol. The first-order valence-corrected chi connectivity index (χ1v) is 6.83. The standard InChI is InChI=1S/C12H13ClN4OS/c1-7-15-5-8(11(14-2)17-7)6-16-12(18)9-3-4-10(13)19-9/h3-5H,6H2,1-2H3,(H,16,18)(H,14,15,17). The van der Waals surface area contributed by atoms with Gasteiger partial charge in [-0.05, 0) is 19.1 Å². The first kappa shape index (κ1) is 13.8. The fraction of sp³-hybridized carbons (Fsp3) is 0.250. The van der Waals surface area contributed by atoms with Gasteiger partial charge in [-0.2, -0.15) is 0 Å². The number of aryl methyl sites for hydroxylation is 1. The van der Waals surface area contributed by atoms with Gasteiger partial charge in [-0.3, -0.25) is 4.79 Å². The van der Waals surface area contributed by atoms with E-state index in [0.29, 0.717) is 21.6 Å². The molecule has 0 aliphatic rings. The van der Waals surface area contributed by atoms with Gasteiger partial charge in [0, 0.05) is 25.4 Å². The smallest absolute Gasteiger partial charge is 0.261 e. The molecule has 5 nitrogen and oxygen atoms in total. The summed E-state index contributed by atoms with van der Waals surface area (Å²) in [5, 5.41) is 5.80. The summed E-state index contributed by atoms with van der Waals surface area (Å²) in [5.41, 5.74) is 0.837. The molecule has 1 amide bonds. The van der Waals surface area contributed by atoms with Crippen molar-refractivity contribution in [2.75, 3.05) is 12.4 Å². The number of hydrogen-bond donors (Lipinski definition) is 2. The van der Waals surface area contributed by atoms with Crippen LogP contribution in [-0.2, 0) is 6.54 Å². The van der Waals surface area contributed by atoms with Crippen molar-refractivity contribution in [2.45, 2.75) is 13.5 Å². The van der Waals surface area contributed by atoms with Crippen LogP contribution in [0.4, 0.5) is 5.82 Å². The highest BCUT2D eigenvalue weighted by Gasteiger charge is 2.10. The van der Waals surface area contributed by atoms with Crippen molar-refractivity contribution in [1.82, 2.24) is 15.3 Å². The Balaban J connectivity index is 2.04. The van der Waals surface area contributed by atoms with Gasteiger partial charge in [-0.15, -0.1) is 11.3 Å². The van der Waals surface area contributed by atoms with Crippen LogP contribution in [0.15, 0.2) is 18.3 Å². The number of carbonyl (C=O) groups is 1. The third kappa shape index (κ3) is 3.42. The van der Waals surface area contributed by atoms with Crippen molar-refractivity contribution >= 4 is 34.7 Å². The van der Waals surface area contributed by atoms with Gasteiger partial charge in [0.05, 0.1) is 9.21 Å². The second-order valence-corrected chi connectivity index (χ2v) is 5.54. The molecule has 0 unspecified atom stereocenters. The molecule has 0 saturated heterocycles. The third-order valence-electron chi connectivity index (χ3n) is 2.46. The lowest BCUT2D eigenvalue weighted by atomic mass is 10.3. The lowest BCUT2D eigenvalue weighted by Crippen LogP contribution is -2.22. The summed E-state index contributed by atoms with van der Waals surface area (Å²) in [7, 11) is 1.78. The number of rotatable bonds is 4. The Morgan fingerprint density at radius 1 is 1.47 bits per heavy atom. The van der Waals surface area contributed by atoms with Crippen LogP contribution in [0, 0.1) is 6.92 Å². The molecular weight excluding hydrogens is 284 g/mol. The van der Waals surface area contributed by atoms with Gasteiger partial charge in [-0.1, -0.05) is 11.6 Å². The second kappa shape index (κ2) is 5.99. The van der Waals surface area contributed by atoms with Crippen LogP contribution in [0.3, 0.4) is 0 Å². The highest BCUT2D eigenvalue weighted by atomic mass is 35.5. The van der Waals surface area contributed by atoms with Gasteiger partial charge in [0.25, 0.3) is 5.91 Å². The Labute approximate surface area is 120 Å². The fourth-order valence-corrected chi connectivity index (χ4v) is 2.50. The molecule has 0 fully saturated rings. The van der Waals surface area contributed by atoms with Crippen LogP contribution in [0.2, 0.25) is 4.34 Å². The Bertz CT molecular complexity index is 599. The number of carbonyl (C=O) groups excluding carboxylic acids is 1. The molecule has 19 heavy (non-hydrogen) atoms. The first-order chi connectivity index (χ1) is 9.10. The maximum atomic E-state index is 11.9. The lowest BCUT2D eigenvalue weighted by molar-refractivity contribution is 0.0955. The van der Waals surface area contributed by atoms with Gasteiger partial charge in [0.1, 0.15) is 11.6 Å². The molecule has 0 saturated carbocycles. The zero-order valence-corrected chi connectivity index (χ0v) is 12.1. The molecule has 2 aromatic rings. The number of hydrogen-bond acceptors (Lipinski definition) is 5. The van der Waals surface area contributed by atoms with E-state index in [1.54, 1.807) is 25.4 Å². The van der Waals surface area contributed by atoms with Gasteiger partial charge < -0.3 is 10.6 Å². The van der Waals surface area contributed by atoms with Crippen molar-refractivity contribution in [1.29, 1.82) is 0 Å². The molecule has 2 rings (SSSR count). The minimum Gasteiger partial charge on any atom is -0.373 e. The van der Waals surface area contributed by atoms with Crippen LogP contribution < -0.4 is 10.6 Å². The number of thiophene rings is 1. The highest BCUT2D eigenvalue weighted by molar-refractivity contribution is 7.17. The summed E-state index contributed by atoms with van der Waals surface area (Å²) in [4.78, 5) is 20.8. The number of halogens is 1. The van der Waals surface area contributed by atoms with Crippen LogP contribution in [0.5, 0.6) is 0 Å². The quantitative estimate of drug-likeness (QED) is 0.909. The van der Waals surface area contributed by atoms with Crippen molar-refractivity contribution in [2.24, 2.45) is 0 Å². The van der Waals surface area contributed by atoms with E-state index in [-0.39, 0.29) is 5.91 Å². The van der Waals surface area contributed by atoms with Crippen molar-refractivity contribution < 1.29 is 4.79 Å². The molecule has 2 N–H and O–H groups in total. The zero-order chi connectivity index (χ0) is 13.8. The minimum absolute atomic E-state index is 0.153. The summed E-state index contributed by atoms with van der Waals surface area (Å²) in [6.45, 7) is 2.18. The first-order valence-electron chi connectivity index (χ1n) is 5.64. The van der Waals surface area contributed by atoms with Crippen molar-refractivity contribution in [3.05, 3.63) is 38.9 Å². The normalized spacial score (nSPS) is 10.3. The molecule has 0 radical (unpaired) electrons. The zero-order valence-electron chi connectivity index (χ0n) is 10.5. The van der Waals surface area contributed by atoms with E-state index >= 15 is 0 Å². The van der Waals surface area contributed by atoms with E-state index in [1.807, 2.05) is 6.92 Å². The van der Waals surface area contributed by atoms with Crippen LogP contribution in [0.25, 0.3) is 0 Å². The van der Waals surface area contributed by atoms with Gasteiger partial charge in [-0.25, -0.2) is 9.97 Å². The number of nitrogens with one attached hydrogen (secondary N) is 2. The highest BCUT2D eigenvalue weighted by Crippen LogP contribution is 2.21. The van der Waals surface area contributed by atoms with Gasteiger partial charge in [0.15, 0.2) is 0 Å². The van der Waals surface area contributed by atoms with Crippen molar-refractivity contribution in [3.63, 3.8) is 0 Å². The fourth-order valence-electron chi connectivity index (χ4n) is 1.54. The number of anilines is 1. The summed E-state index contributed by atoms with van der Waals surface area (Å²) in [5.74, 6) is 1.25. The van der Waals surface area contributed by atoms with E-state index < -0.39 is 0 Å². The average molecular weight is 297 g/mol. The van der Waals surface area contributed by atoms with Crippen LogP contribution in [0.1, 0.15) is 21.1 Å². The van der Waals surface area contributed by atoms with E-state index in [4.69, 9.17) is 11.6 Å². The summed E-state index contributed by atoms with van der Waals surface area (Å²) in [6.07, 6.45) is 1.70. The van der Waals surface area contributed by atoms with E-state index in [0.717, 1.165) is 11.4 Å². The van der Waals surface area contributed by atoms with E-state index in [9.17, 15) is 4.79 Å². The Morgan fingerprint density at radius 2 is 2.26 bits per heavy atom.